The van der Waals surface area contributed by atoms with E-state index in [1.54, 1.807) is 29.2 Å². The van der Waals surface area contributed by atoms with Crippen molar-refractivity contribution in [1.29, 1.82) is 0 Å². The Labute approximate surface area is 113 Å². The summed E-state index contributed by atoms with van der Waals surface area (Å²) in [4.78, 5) is 24.2. The first-order valence-electron chi connectivity index (χ1n) is 6.22. The average Bonchev–Trinajstić information content (AvgIpc) is 2.28. The van der Waals surface area contributed by atoms with Gasteiger partial charge in [-0.1, -0.05) is 44.2 Å². The Morgan fingerprint density at radius 3 is 2.26 bits per heavy atom. The van der Waals surface area contributed by atoms with Gasteiger partial charge in [-0.3, -0.25) is 14.5 Å². The van der Waals surface area contributed by atoms with Gasteiger partial charge in [0.25, 0.3) is 0 Å². The smallest absolute Gasteiger partial charge is 0.325 e. The van der Waals surface area contributed by atoms with Crippen LogP contribution in [0.3, 0.4) is 0 Å². The lowest BCUT2D eigenvalue weighted by molar-refractivity contribution is -0.144. The van der Waals surface area contributed by atoms with E-state index in [0.717, 1.165) is 0 Å². The van der Waals surface area contributed by atoms with Gasteiger partial charge in [-0.25, -0.2) is 0 Å². The number of nitrogens with zero attached hydrogens (tertiary/aromatic N) is 1. The van der Waals surface area contributed by atoms with Crippen LogP contribution in [-0.2, 0) is 9.59 Å². The molecule has 1 amide bonds. The molecule has 0 spiro atoms. The Kier molecular flexibility index (Phi) is 5.51. The fraction of sp³-hybridized carbons (Fsp3) is 0.429. The standard InChI is InChI=1S/C14H20N2O3/c1-10(2)8-16(9-12(15)17)13(14(18)19)11-6-4-3-5-7-11/h3-7,10,13H,8-9H2,1-2H3,(H2,15,17)(H,18,19). The van der Waals surface area contributed by atoms with Crippen LogP contribution in [0.25, 0.3) is 0 Å². The van der Waals surface area contributed by atoms with Crippen molar-refractivity contribution < 1.29 is 14.7 Å². The summed E-state index contributed by atoms with van der Waals surface area (Å²) in [5.74, 6) is -1.26. The summed E-state index contributed by atoms with van der Waals surface area (Å²) in [6, 6.07) is 8.02. The van der Waals surface area contributed by atoms with Gasteiger partial charge in [-0.2, -0.15) is 0 Å². The Morgan fingerprint density at radius 1 is 1.26 bits per heavy atom. The first-order valence-corrected chi connectivity index (χ1v) is 6.22. The molecule has 5 nitrogen and oxygen atoms in total. The topological polar surface area (TPSA) is 83.6 Å². The molecule has 1 aromatic rings. The van der Waals surface area contributed by atoms with Crippen LogP contribution in [-0.4, -0.2) is 35.0 Å². The summed E-state index contributed by atoms with van der Waals surface area (Å²) < 4.78 is 0. The van der Waals surface area contributed by atoms with Crippen molar-refractivity contribution in [2.45, 2.75) is 19.9 Å². The minimum Gasteiger partial charge on any atom is -0.480 e. The lowest BCUT2D eigenvalue weighted by Gasteiger charge is -2.29. The Bertz CT molecular complexity index is 432. The largest absolute Gasteiger partial charge is 0.480 e. The molecule has 104 valence electrons. The molecule has 1 atom stereocenters. The predicted octanol–water partition coefficient (Wildman–Crippen LogP) is 1.26. The molecule has 19 heavy (non-hydrogen) atoms. The molecule has 0 bridgehead atoms. The van der Waals surface area contributed by atoms with Gasteiger partial charge in [0.2, 0.25) is 5.91 Å². The highest BCUT2D eigenvalue weighted by atomic mass is 16.4. The Balaban J connectivity index is 3.05. The van der Waals surface area contributed by atoms with E-state index in [1.165, 1.54) is 0 Å². The molecule has 1 rings (SSSR count). The zero-order valence-electron chi connectivity index (χ0n) is 11.2. The van der Waals surface area contributed by atoms with Crippen LogP contribution in [0, 0.1) is 5.92 Å². The van der Waals surface area contributed by atoms with Crippen molar-refractivity contribution in [3.05, 3.63) is 35.9 Å². The maximum Gasteiger partial charge on any atom is 0.325 e. The molecule has 0 aliphatic carbocycles. The number of aliphatic carboxylic acids is 1. The van der Waals surface area contributed by atoms with Crippen molar-refractivity contribution >= 4 is 11.9 Å². The summed E-state index contributed by atoms with van der Waals surface area (Å²) in [6.07, 6.45) is 0. The van der Waals surface area contributed by atoms with Gasteiger partial charge in [0, 0.05) is 6.54 Å². The van der Waals surface area contributed by atoms with Gasteiger partial charge in [0.1, 0.15) is 6.04 Å². The normalized spacial score (nSPS) is 12.6. The number of carbonyl (C=O) groups excluding carboxylic acids is 1. The lowest BCUT2D eigenvalue weighted by atomic mass is 10.0. The molecule has 3 N–H and O–H groups in total. The van der Waals surface area contributed by atoms with Crippen LogP contribution in [0.5, 0.6) is 0 Å². The molecule has 5 heteroatoms. The number of rotatable bonds is 7. The van der Waals surface area contributed by atoms with Crippen molar-refractivity contribution in [1.82, 2.24) is 4.90 Å². The first kappa shape index (κ1) is 15.2. The molecule has 1 aromatic carbocycles. The van der Waals surface area contributed by atoms with E-state index in [2.05, 4.69) is 0 Å². The van der Waals surface area contributed by atoms with Crippen LogP contribution < -0.4 is 5.73 Å². The fourth-order valence-corrected chi connectivity index (χ4v) is 2.08. The van der Waals surface area contributed by atoms with Crippen LogP contribution in [0.4, 0.5) is 0 Å². The number of hydrogen-bond acceptors (Lipinski definition) is 3. The minimum absolute atomic E-state index is 0.0654. The van der Waals surface area contributed by atoms with E-state index < -0.39 is 17.9 Å². The maximum absolute atomic E-state index is 11.5. The van der Waals surface area contributed by atoms with Crippen molar-refractivity contribution in [2.75, 3.05) is 13.1 Å². The third-order valence-electron chi connectivity index (χ3n) is 2.67. The summed E-state index contributed by atoms with van der Waals surface area (Å²) in [7, 11) is 0. The monoisotopic (exact) mass is 264 g/mol. The highest BCUT2D eigenvalue weighted by Gasteiger charge is 2.28. The minimum atomic E-state index is -0.979. The summed E-state index contributed by atoms with van der Waals surface area (Å²) in [5, 5.41) is 9.43. The first-order chi connectivity index (χ1) is 8.91. The van der Waals surface area contributed by atoms with Gasteiger partial charge in [-0.05, 0) is 11.5 Å². The van der Waals surface area contributed by atoms with E-state index in [1.807, 2.05) is 19.9 Å². The van der Waals surface area contributed by atoms with Gasteiger partial charge >= 0.3 is 5.97 Å². The van der Waals surface area contributed by atoms with Crippen molar-refractivity contribution in [2.24, 2.45) is 11.7 Å². The fourth-order valence-electron chi connectivity index (χ4n) is 2.08. The van der Waals surface area contributed by atoms with Crippen LogP contribution in [0.2, 0.25) is 0 Å². The van der Waals surface area contributed by atoms with Gasteiger partial charge in [0.15, 0.2) is 0 Å². The Hall–Kier alpha value is -1.88. The second kappa shape index (κ2) is 6.89. The second-order valence-corrected chi connectivity index (χ2v) is 4.94. The number of carboxylic acid groups (broad SMARTS) is 1. The van der Waals surface area contributed by atoms with E-state index >= 15 is 0 Å². The maximum atomic E-state index is 11.5. The zero-order valence-corrected chi connectivity index (χ0v) is 11.2. The molecule has 1 unspecified atom stereocenters. The molecule has 0 heterocycles. The van der Waals surface area contributed by atoms with Crippen LogP contribution in [0.1, 0.15) is 25.5 Å². The second-order valence-electron chi connectivity index (χ2n) is 4.94. The van der Waals surface area contributed by atoms with E-state index in [0.29, 0.717) is 12.1 Å². The number of benzene rings is 1. The molecular weight excluding hydrogens is 244 g/mol. The van der Waals surface area contributed by atoms with Crippen molar-refractivity contribution in [3.8, 4) is 0 Å². The van der Waals surface area contributed by atoms with E-state index in [-0.39, 0.29) is 12.5 Å². The summed E-state index contributed by atoms with van der Waals surface area (Å²) in [5.41, 5.74) is 5.86. The zero-order chi connectivity index (χ0) is 14.4. The number of nitrogens with two attached hydrogens (primary N) is 1. The number of hydrogen-bond donors (Lipinski definition) is 2. The molecule has 0 aromatic heterocycles. The van der Waals surface area contributed by atoms with Gasteiger partial charge in [-0.15, -0.1) is 0 Å². The summed E-state index contributed by atoms with van der Waals surface area (Å²) in [6.45, 7) is 4.37. The number of amides is 1. The SMILES string of the molecule is CC(C)CN(CC(N)=O)C(C(=O)O)c1ccccc1. The number of carboxylic acids is 1. The van der Waals surface area contributed by atoms with Gasteiger partial charge < -0.3 is 10.8 Å². The average molecular weight is 264 g/mol. The van der Waals surface area contributed by atoms with Gasteiger partial charge in [0.05, 0.1) is 6.54 Å². The van der Waals surface area contributed by atoms with Crippen LogP contribution >= 0.6 is 0 Å². The molecule has 0 saturated heterocycles. The third-order valence-corrected chi connectivity index (χ3v) is 2.67. The quantitative estimate of drug-likeness (QED) is 0.776. The molecule has 0 radical (unpaired) electrons. The third kappa shape index (κ3) is 4.71. The molecule has 0 fully saturated rings. The lowest BCUT2D eigenvalue weighted by Crippen LogP contribution is -2.42. The highest BCUT2D eigenvalue weighted by molar-refractivity contribution is 5.79. The van der Waals surface area contributed by atoms with E-state index in [4.69, 9.17) is 5.73 Å². The number of primary amides is 1. The van der Waals surface area contributed by atoms with Crippen LogP contribution in [0.15, 0.2) is 30.3 Å². The Morgan fingerprint density at radius 2 is 1.84 bits per heavy atom. The van der Waals surface area contributed by atoms with E-state index in [9.17, 15) is 14.7 Å². The number of carbonyl (C=O) groups is 2. The molecule has 0 saturated carbocycles. The molecular formula is C14H20N2O3. The highest BCUT2D eigenvalue weighted by Crippen LogP contribution is 2.21. The summed E-state index contributed by atoms with van der Waals surface area (Å²) >= 11 is 0. The molecule has 0 aliphatic heterocycles. The molecule has 0 aliphatic rings. The van der Waals surface area contributed by atoms with Crippen molar-refractivity contribution in [3.63, 3.8) is 0 Å². The predicted molar refractivity (Wildman–Crippen MR) is 72.4 cm³/mol.